The van der Waals surface area contributed by atoms with E-state index in [-0.39, 0.29) is 6.42 Å². The fraction of sp³-hybridized carbons (Fsp3) is 0.368. The largest absolute Gasteiger partial charge is 0.481 e. The van der Waals surface area contributed by atoms with Crippen molar-refractivity contribution in [1.29, 1.82) is 0 Å². The highest BCUT2D eigenvalue weighted by Gasteiger charge is 2.02. The predicted molar refractivity (Wildman–Crippen MR) is 98.3 cm³/mol. The first-order valence-electron chi connectivity index (χ1n) is 8.42. The Balaban J connectivity index is 1.61. The van der Waals surface area contributed by atoms with Gasteiger partial charge >= 0.3 is 5.97 Å². The van der Waals surface area contributed by atoms with E-state index in [9.17, 15) is 4.79 Å². The lowest BCUT2D eigenvalue weighted by atomic mass is 10.1. The zero-order valence-electron chi connectivity index (χ0n) is 14.5. The van der Waals surface area contributed by atoms with Gasteiger partial charge in [0.1, 0.15) is 0 Å². The van der Waals surface area contributed by atoms with E-state index < -0.39 is 5.97 Å². The standard InChI is InChI=1S/C19H25N3O3/c1-25-19-17(7-3-10-22-19)21-11-4-9-20-12-8-15-5-2-6-16(13-15)14-18(23)24/h2-3,5-7,10,13,20-21H,4,8-9,11-12,14H2,1H3,(H,23,24). The number of carboxylic acids is 1. The van der Waals surface area contributed by atoms with Gasteiger partial charge < -0.3 is 20.5 Å². The van der Waals surface area contributed by atoms with Crippen LogP contribution in [0.4, 0.5) is 5.69 Å². The maximum atomic E-state index is 10.8. The van der Waals surface area contributed by atoms with Crippen molar-refractivity contribution in [1.82, 2.24) is 10.3 Å². The smallest absolute Gasteiger partial charge is 0.307 e. The van der Waals surface area contributed by atoms with Gasteiger partial charge in [-0.25, -0.2) is 4.98 Å². The number of hydrogen-bond acceptors (Lipinski definition) is 5. The molecule has 0 aliphatic carbocycles. The van der Waals surface area contributed by atoms with Gasteiger partial charge in [0.2, 0.25) is 5.88 Å². The van der Waals surface area contributed by atoms with Gasteiger partial charge in [-0.15, -0.1) is 0 Å². The van der Waals surface area contributed by atoms with Crippen molar-refractivity contribution in [2.75, 3.05) is 32.1 Å². The number of pyridine rings is 1. The molecule has 6 nitrogen and oxygen atoms in total. The van der Waals surface area contributed by atoms with Gasteiger partial charge in [0.25, 0.3) is 0 Å². The summed E-state index contributed by atoms with van der Waals surface area (Å²) in [6.07, 6.45) is 3.65. The third-order valence-electron chi connectivity index (χ3n) is 3.75. The van der Waals surface area contributed by atoms with Gasteiger partial charge in [0.15, 0.2) is 0 Å². The number of benzene rings is 1. The van der Waals surface area contributed by atoms with E-state index in [1.165, 1.54) is 0 Å². The van der Waals surface area contributed by atoms with E-state index >= 15 is 0 Å². The van der Waals surface area contributed by atoms with Crippen molar-refractivity contribution < 1.29 is 14.6 Å². The van der Waals surface area contributed by atoms with Crippen molar-refractivity contribution in [2.45, 2.75) is 19.3 Å². The van der Waals surface area contributed by atoms with Crippen LogP contribution in [0.3, 0.4) is 0 Å². The van der Waals surface area contributed by atoms with Crippen molar-refractivity contribution in [3.05, 3.63) is 53.7 Å². The molecule has 0 unspecified atom stereocenters. The molecule has 2 aromatic rings. The highest BCUT2D eigenvalue weighted by Crippen LogP contribution is 2.19. The second kappa shape index (κ2) is 10.3. The first kappa shape index (κ1) is 18.7. The van der Waals surface area contributed by atoms with Gasteiger partial charge in [0, 0.05) is 12.7 Å². The molecule has 3 N–H and O–H groups in total. The first-order valence-corrected chi connectivity index (χ1v) is 8.42. The Morgan fingerprint density at radius 3 is 2.80 bits per heavy atom. The molecule has 0 saturated heterocycles. The van der Waals surface area contributed by atoms with Gasteiger partial charge in [-0.3, -0.25) is 4.79 Å². The number of hydrogen-bond donors (Lipinski definition) is 3. The number of nitrogens with one attached hydrogen (secondary N) is 2. The minimum absolute atomic E-state index is 0.0742. The summed E-state index contributed by atoms with van der Waals surface area (Å²) in [7, 11) is 1.61. The number of rotatable bonds is 11. The zero-order chi connectivity index (χ0) is 17.9. The summed E-state index contributed by atoms with van der Waals surface area (Å²) in [6, 6.07) is 11.6. The van der Waals surface area contributed by atoms with Crippen LogP contribution in [0.25, 0.3) is 0 Å². The Hall–Kier alpha value is -2.60. The summed E-state index contributed by atoms with van der Waals surface area (Å²) < 4.78 is 5.20. The van der Waals surface area contributed by atoms with Crippen LogP contribution in [0.1, 0.15) is 17.5 Å². The Bertz CT molecular complexity index is 676. The van der Waals surface area contributed by atoms with Gasteiger partial charge in [-0.05, 0) is 49.2 Å². The number of aliphatic carboxylic acids is 1. The Kier molecular flexibility index (Phi) is 7.72. The topological polar surface area (TPSA) is 83.5 Å². The van der Waals surface area contributed by atoms with Crippen LogP contribution in [0.15, 0.2) is 42.6 Å². The molecule has 1 aromatic carbocycles. The van der Waals surface area contributed by atoms with E-state index in [2.05, 4.69) is 15.6 Å². The lowest BCUT2D eigenvalue weighted by Crippen LogP contribution is -2.20. The Morgan fingerprint density at radius 2 is 2.00 bits per heavy atom. The molecule has 0 aliphatic rings. The summed E-state index contributed by atoms with van der Waals surface area (Å²) in [5, 5.41) is 15.6. The fourth-order valence-electron chi connectivity index (χ4n) is 2.55. The number of nitrogens with zero attached hydrogens (tertiary/aromatic N) is 1. The Labute approximate surface area is 148 Å². The molecule has 0 bridgehead atoms. The van der Waals surface area contributed by atoms with Crippen LogP contribution in [0, 0.1) is 0 Å². The van der Waals surface area contributed by atoms with Crippen molar-refractivity contribution in [3.8, 4) is 5.88 Å². The fourth-order valence-corrected chi connectivity index (χ4v) is 2.55. The maximum absolute atomic E-state index is 10.8. The quantitative estimate of drug-likeness (QED) is 0.543. The highest BCUT2D eigenvalue weighted by molar-refractivity contribution is 5.70. The molecule has 2 rings (SSSR count). The maximum Gasteiger partial charge on any atom is 0.307 e. The molecule has 0 radical (unpaired) electrons. The number of ether oxygens (including phenoxy) is 1. The van der Waals surface area contributed by atoms with Crippen LogP contribution < -0.4 is 15.4 Å². The molecule has 1 aromatic heterocycles. The minimum Gasteiger partial charge on any atom is -0.481 e. The van der Waals surface area contributed by atoms with Crippen LogP contribution in [0.2, 0.25) is 0 Å². The molecule has 25 heavy (non-hydrogen) atoms. The normalized spacial score (nSPS) is 10.4. The lowest BCUT2D eigenvalue weighted by Gasteiger charge is -2.10. The monoisotopic (exact) mass is 343 g/mol. The van der Waals surface area contributed by atoms with E-state index in [1.54, 1.807) is 13.3 Å². The van der Waals surface area contributed by atoms with Crippen LogP contribution in [0.5, 0.6) is 5.88 Å². The number of aromatic nitrogens is 1. The van der Waals surface area contributed by atoms with E-state index in [4.69, 9.17) is 9.84 Å². The number of carbonyl (C=O) groups is 1. The zero-order valence-corrected chi connectivity index (χ0v) is 14.5. The molecule has 0 amide bonds. The predicted octanol–water partition coefficient (Wildman–Crippen LogP) is 2.35. The molecule has 0 aliphatic heterocycles. The van der Waals surface area contributed by atoms with Gasteiger partial charge in [-0.1, -0.05) is 24.3 Å². The summed E-state index contributed by atoms with van der Waals surface area (Å²) in [4.78, 5) is 14.9. The molecule has 6 heteroatoms. The van der Waals surface area contributed by atoms with Crippen molar-refractivity contribution in [2.24, 2.45) is 0 Å². The summed E-state index contributed by atoms with van der Waals surface area (Å²) in [6.45, 7) is 2.61. The molecular formula is C19H25N3O3. The second-order valence-electron chi connectivity index (χ2n) is 5.73. The molecule has 0 atom stereocenters. The van der Waals surface area contributed by atoms with E-state index in [0.717, 1.165) is 49.3 Å². The van der Waals surface area contributed by atoms with Crippen LogP contribution >= 0.6 is 0 Å². The average Bonchev–Trinajstić information content (AvgIpc) is 2.61. The first-order chi connectivity index (χ1) is 12.2. The SMILES string of the molecule is COc1ncccc1NCCCNCCc1cccc(CC(=O)O)c1. The van der Waals surface area contributed by atoms with Crippen LogP contribution in [-0.4, -0.2) is 42.8 Å². The average molecular weight is 343 g/mol. The molecule has 0 fully saturated rings. The lowest BCUT2D eigenvalue weighted by molar-refractivity contribution is -0.136. The van der Waals surface area contributed by atoms with Gasteiger partial charge in [0.05, 0.1) is 19.2 Å². The number of methoxy groups -OCH3 is 1. The van der Waals surface area contributed by atoms with Crippen molar-refractivity contribution >= 4 is 11.7 Å². The van der Waals surface area contributed by atoms with Gasteiger partial charge in [-0.2, -0.15) is 0 Å². The third kappa shape index (κ3) is 6.81. The second-order valence-corrected chi connectivity index (χ2v) is 5.73. The van der Waals surface area contributed by atoms with E-state index in [1.807, 2.05) is 36.4 Å². The summed E-state index contributed by atoms with van der Waals surface area (Å²) >= 11 is 0. The molecule has 134 valence electrons. The molecule has 1 heterocycles. The number of carboxylic acid groups (broad SMARTS) is 1. The summed E-state index contributed by atoms with van der Waals surface area (Å²) in [5.41, 5.74) is 2.91. The summed E-state index contributed by atoms with van der Waals surface area (Å²) in [5.74, 6) is -0.190. The molecule has 0 spiro atoms. The van der Waals surface area contributed by atoms with E-state index in [0.29, 0.717) is 5.88 Å². The van der Waals surface area contributed by atoms with Crippen LogP contribution in [-0.2, 0) is 17.6 Å². The Morgan fingerprint density at radius 1 is 1.16 bits per heavy atom. The molecule has 0 saturated carbocycles. The minimum atomic E-state index is -0.798. The molecular weight excluding hydrogens is 318 g/mol. The third-order valence-corrected chi connectivity index (χ3v) is 3.75. The highest BCUT2D eigenvalue weighted by atomic mass is 16.5. The van der Waals surface area contributed by atoms with Crippen molar-refractivity contribution in [3.63, 3.8) is 0 Å². The number of anilines is 1.